The molecule has 1 unspecified atom stereocenters. The largest absolute Gasteiger partial charge is 0.472 e. The highest BCUT2D eigenvalue weighted by Crippen LogP contribution is 2.21. The van der Waals surface area contributed by atoms with Gasteiger partial charge in [-0.15, -0.1) is 5.10 Å². The van der Waals surface area contributed by atoms with Gasteiger partial charge in [0.05, 0.1) is 18.0 Å². The molecule has 1 saturated heterocycles. The van der Waals surface area contributed by atoms with Crippen molar-refractivity contribution in [3.8, 4) is 5.88 Å². The highest BCUT2D eigenvalue weighted by atomic mass is 32.2. The molecule has 1 aliphatic heterocycles. The number of aromatic nitrogens is 2. The molecule has 0 bridgehead atoms. The molecular formula is C17H21N3O3S. The monoisotopic (exact) mass is 347 g/mol. The molecule has 0 radical (unpaired) electrons. The Kier molecular flexibility index (Phi) is 4.82. The molecule has 3 rings (SSSR count). The molecule has 1 fully saturated rings. The van der Waals surface area contributed by atoms with Crippen LogP contribution in [0.4, 0.5) is 0 Å². The fourth-order valence-corrected chi connectivity index (χ4v) is 4.33. The zero-order chi connectivity index (χ0) is 17.2. The van der Waals surface area contributed by atoms with Gasteiger partial charge in [0.25, 0.3) is 0 Å². The Morgan fingerprint density at radius 2 is 2.04 bits per heavy atom. The molecule has 6 nitrogen and oxygen atoms in total. The third kappa shape index (κ3) is 4.10. The first-order chi connectivity index (χ1) is 11.4. The first-order valence-electron chi connectivity index (χ1n) is 7.93. The smallest absolute Gasteiger partial charge is 0.233 e. The Balaban J connectivity index is 1.62. The summed E-state index contributed by atoms with van der Waals surface area (Å²) in [5.41, 5.74) is 2.68. The normalized spacial score (nSPS) is 18.7. The quantitative estimate of drug-likeness (QED) is 0.828. The number of hydrogen-bond acceptors (Lipinski definition) is 5. The molecular weight excluding hydrogens is 326 g/mol. The van der Waals surface area contributed by atoms with Crippen LogP contribution in [0.1, 0.15) is 23.2 Å². The van der Waals surface area contributed by atoms with Gasteiger partial charge in [0, 0.05) is 12.6 Å². The second-order valence-corrected chi connectivity index (χ2v) is 8.11. The average molecular weight is 347 g/mol. The lowest BCUT2D eigenvalue weighted by Gasteiger charge is -2.17. The predicted molar refractivity (Wildman–Crippen MR) is 91.2 cm³/mol. The predicted octanol–water partition coefficient (Wildman–Crippen LogP) is 2.08. The van der Waals surface area contributed by atoms with Gasteiger partial charge < -0.3 is 4.74 Å². The van der Waals surface area contributed by atoms with Crippen molar-refractivity contribution in [1.82, 2.24) is 14.5 Å². The Morgan fingerprint density at radius 1 is 1.21 bits per heavy atom. The molecule has 2 aromatic rings. The van der Waals surface area contributed by atoms with Crippen molar-refractivity contribution < 1.29 is 13.2 Å². The maximum Gasteiger partial charge on any atom is 0.233 e. The maximum absolute atomic E-state index is 12.6. The molecule has 0 amide bonds. The molecule has 2 heterocycles. The lowest BCUT2D eigenvalue weighted by Crippen LogP contribution is -2.32. The summed E-state index contributed by atoms with van der Waals surface area (Å²) in [5, 5.41) is 7.91. The van der Waals surface area contributed by atoms with E-state index in [9.17, 15) is 8.42 Å². The van der Waals surface area contributed by atoms with Gasteiger partial charge in [-0.25, -0.2) is 8.42 Å². The summed E-state index contributed by atoms with van der Waals surface area (Å²) in [4.78, 5) is 0. The van der Waals surface area contributed by atoms with E-state index in [2.05, 4.69) is 10.2 Å². The van der Waals surface area contributed by atoms with Crippen LogP contribution in [0.25, 0.3) is 0 Å². The molecule has 7 heteroatoms. The summed E-state index contributed by atoms with van der Waals surface area (Å²) in [6.07, 6.45) is 0.470. The van der Waals surface area contributed by atoms with E-state index in [4.69, 9.17) is 4.74 Å². The van der Waals surface area contributed by atoms with E-state index in [0.29, 0.717) is 25.4 Å². The van der Waals surface area contributed by atoms with Gasteiger partial charge in [0.2, 0.25) is 15.9 Å². The van der Waals surface area contributed by atoms with Crippen LogP contribution in [0, 0.1) is 13.8 Å². The number of nitrogens with zero attached hydrogens (tertiary/aromatic N) is 3. The molecule has 0 saturated carbocycles. The van der Waals surface area contributed by atoms with Crippen LogP contribution >= 0.6 is 0 Å². The first kappa shape index (κ1) is 16.9. The lowest BCUT2D eigenvalue weighted by atomic mass is 10.2. The van der Waals surface area contributed by atoms with Crippen molar-refractivity contribution in [3.05, 3.63) is 53.2 Å². The van der Waals surface area contributed by atoms with E-state index in [1.807, 2.05) is 44.2 Å². The second-order valence-electron chi connectivity index (χ2n) is 6.14. The Hall–Kier alpha value is -1.99. The van der Waals surface area contributed by atoms with E-state index < -0.39 is 10.0 Å². The molecule has 24 heavy (non-hydrogen) atoms. The number of benzene rings is 1. The van der Waals surface area contributed by atoms with Gasteiger partial charge in [0.1, 0.15) is 6.10 Å². The van der Waals surface area contributed by atoms with E-state index >= 15 is 0 Å². The molecule has 0 N–H and O–H groups in total. The van der Waals surface area contributed by atoms with Gasteiger partial charge in [-0.05, 0) is 31.9 Å². The minimum absolute atomic E-state index is 0.0196. The molecule has 1 aliphatic rings. The topological polar surface area (TPSA) is 72.4 Å². The van der Waals surface area contributed by atoms with Crippen molar-refractivity contribution in [2.45, 2.75) is 32.1 Å². The van der Waals surface area contributed by atoms with Gasteiger partial charge in [-0.1, -0.05) is 29.8 Å². The van der Waals surface area contributed by atoms with Crippen molar-refractivity contribution >= 4 is 10.0 Å². The van der Waals surface area contributed by atoms with Crippen LogP contribution in [0.5, 0.6) is 5.88 Å². The lowest BCUT2D eigenvalue weighted by molar-refractivity contribution is 0.204. The Bertz CT molecular complexity index is 806. The maximum atomic E-state index is 12.6. The number of ether oxygens (including phenoxy) is 1. The minimum atomic E-state index is -3.34. The average Bonchev–Trinajstić information content (AvgIpc) is 2.99. The third-order valence-corrected chi connectivity index (χ3v) is 5.81. The third-order valence-electron chi connectivity index (χ3n) is 3.99. The number of sulfonamides is 1. The number of hydrogen-bond donors (Lipinski definition) is 0. The standard InChI is InChI=1S/C17H21N3O3S/c1-13-4-3-5-15(10-13)12-24(21,22)20-9-8-16(11-20)23-17-7-6-14(2)18-19-17/h3-7,10,16H,8-9,11-12H2,1-2H3. The number of rotatable bonds is 5. The van der Waals surface area contributed by atoms with Crippen LogP contribution in [-0.2, 0) is 15.8 Å². The zero-order valence-electron chi connectivity index (χ0n) is 13.8. The summed E-state index contributed by atoms with van der Waals surface area (Å²) in [5.74, 6) is 0.453. The second kappa shape index (κ2) is 6.86. The molecule has 1 atom stereocenters. The van der Waals surface area contributed by atoms with Gasteiger partial charge in [-0.3, -0.25) is 0 Å². The molecule has 0 aliphatic carbocycles. The summed E-state index contributed by atoms with van der Waals surface area (Å²) in [7, 11) is -3.34. The van der Waals surface area contributed by atoms with Gasteiger partial charge >= 0.3 is 0 Å². The van der Waals surface area contributed by atoms with E-state index in [-0.39, 0.29) is 11.9 Å². The minimum Gasteiger partial charge on any atom is -0.472 e. The fourth-order valence-electron chi connectivity index (χ4n) is 2.77. The van der Waals surface area contributed by atoms with E-state index in [1.165, 1.54) is 4.31 Å². The van der Waals surface area contributed by atoms with Crippen molar-refractivity contribution in [3.63, 3.8) is 0 Å². The van der Waals surface area contributed by atoms with Crippen molar-refractivity contribution in [1.29, 1.82) is 0 Å². The summed E-state index contributed by atoms with van der Waals surface area (Å²) >= 11 is 0. The molecule has 0 spiro atoms. The summed E-state index contributed by atoms with van der Waals surface area (Å²) in [6, 6.07) is 11.2. The van der Waals surface area contributed by atoms with Crippen molar-refractivity contribution in [2.75, 3.05) is 13.1 Å². The number of aryl methyl sites for hydroxylation is 2. The fraction of sp³-hybridized carbons (Fsp3) is 0.412. The van der Waals surface area contributed by atoms with Crippen LogP contribution in [0.15, 0.2) is 36.4 Å². The first-order valence-corrected chi connectivity index (χ1v) is 9.54. The van der Waals surface area contributed by atoms with Crippen LogP contribution in [0.2, 0.25) is 0 Å². The van der Waals surface area contributed by atoms with Gasteiger partial charge in [0.15, 0.2) is 0 Å². The molecule has 1 aromatic heterocycles. The molecule has 128 valence electrons. The molecule has 1 aromatic carbocycles. The van der Waals surface area contributed by atoms with Crippen LogP contribution in [-0.4, -0.2) is 42.1 Å². The van der Waals surface area contributed by atoms with Crippen LogP contribution < -0.4 is 4.74 Å². The van der Waals surface area contributed by atoms with Gasteiger partial charge in [-0.2, -0.15) is 9.40 Å². The summed E-state index contributed by atoms with van der Waals surface area (Å²) < 4.78 is 32.4. The Morgan fingerprint density at radius 3 is 2.75 bits per heavy atom. The van der Waals surface area contributed by atoms with E-state index in [1.54, 1.807) is 6.07 Å². The highest BCUT2D eigenvalue weighted by Gasteiger charge is 2.32. The van der Waals surface area contributed by atoms with Crippen molar-refractivity contribution in [2.24, 2.45) is 0 Å². The highest BCUT2D eigenvalue weighted by molar-refractivity contribution is 7.88. The zero-order valence-corrected chi connectivity index (χ0v) is 14.7. The van der Waals surface area contributed by atoms with E-state index in [0.717, 1.165) is 16.8 Å². The SMILES string of the molecule is Cc1cccc(CS(=O)(=O)N2CCC(Oc3ccc(C)nn3)C2)c1. The summed E-state index contributed by atoms with van der Waals surface area (Å²) in [6.45, 7) is 4.63. The van der Waals surface area contributed by atoms with Crippen LogP contribution in [0.3, 0.4) is 0 Å². The Labute approximate surface area is 142 Å².